The van der Waals surface area contributed by atoms with Crippen molar-refractivity contribution in [1.82, 2.24) is 0 Å². The lowest BCUT2D eigenvalue weighted by Gasteiger charge is -2.30. The molecular weight excluding hydrogens is 224 g/mol. The number of hydrogen-bond acceptors (Lipinski definition) is 3. The van der Waals surface area contributed by atoms with Crippen LogP contribution >= 0.6 is 0 Å². The van der Waals surface area contributed by atoms with E-state index in [-0.39, 0.29) is 0 Å². The maximum atomic E-state index is 7.00. The Morgan fingerprint density at radius 2 is 1.17 bits per heavy atom. The van der Waals surface area contributed by atoms with Crippen molar-refractivity contribution in [3.05, 3.63) is 0 Å². The van der Waals surface area contributed by atoms with Gasteiger partial charge in [-0.25, -0.2) is 0 Å². The van der Waals surface area contributed by atoms with Gasteiger partial charge >= 0.3 is 0 Å². The maximum Gasteiger partial charge on any atom is 0.0319 e. The summed E-state index contributed by atoms with van der Waals surface area (Å²) in [7, 11) is 2.50. The van der Waals surface area contributed by atoms with Gasteiger partial charge < -0.3 is 16.6 Å². The molecule has 0 aromatic heterocycles. The average Bonchev–Trinajstić information content (AvgIpc) is 2.44. The van der Waals surface area contributed by atoms with E-state index in [4.69, 9.17) is 10.8 Å². The molecule has 0 spiro atoms. The van der Waals surface area contributed by atoms with Crippen LogP contribution in [0, 0.1) is 5.41 Å². The molecule has 18 heavy (non-hydrogen) atoms. The number of aliphatic hydroxyl groups is 1. The number of hydrogen-bond donors (Lipinski definition) is 3. The molecule has 3 nitrogen and oxygen atoms in total. The first-order valence-electron chi connectivity index (χ1n) is 7.38. The van der Waals surface area contributed by atoms with E-state index in [9.17, 15) is 0 Å². The molecule has 0 unspecified atom stereocenters. The van der Waals surface area contributed by atoms with Crippen LogP contribution in [0.4, 0.5) is 0 Å². The number of nitrogens with two attached hydrogens (primary N) is 2. The third-order valence-corrected chi connectivity index (χ3v) is 2.95. The predicted molar refractivity (Wildman–Crippen MR) is 85.8 cm³/mol. The van der Waals surface area contributed by atoms with Crippen molar-refractivity contribution in [1.29, 1.82) is 0 Å². The minimum absolute atomic E-state index is 0.559. The van der Waals surface area contributed by atoms with E-state index in [1.807, 2.05) is 0 Å². The zero-order chi connectivity index (χ0) is 15.4. The average molecular weight is 264 g/mol. The summed E-state index contributed by atoms with van der Waals surface area (Å²) >= 11 is 0. The molecule has 0 aliphatic carbocycles. The minimum atomic E-state index is 0.559. The van der Waals surface area contributed by atoms with Crippen LogP contribution in [-0.4, -0.2) is 25.8 Å². The molecule has 0 aliphatic heterocycles. The first-order chi connectivity index (χ1) is 8.66. The summed E-state index contributed by atoms with van der Waals surface area (Å²) in [6.07, 6.45) is 7.66. The van der Waals surface area contributed by atoms with Crippen molar-refractivity contribution in [3.63, 3.8) is 0 Å². The van der Waals surface area contributed by atoms with Gasteiger partial charge in [0.25, 0.3) is 0 Å². The van der Waals surface area contributed by atoms with Gasteiger partial charge in [0.1, 0.15) is 0 Å². The lowest BCUT2D eigenvalue weighted by molar-refractivity contribution is 0.220. The third-order valence-electron chi connectivity index (χ3n) is 2.95. The Kier molecular flexibility index (Phi) is 37.7. The van der Waals surface area contributed by atoms with Crippen molar-refractivity contribution in [2.24, 2.45) is 16.9 Å². The highest BCUT2D eigenvalue weighted by molar-refractivity contribution is 4.76. The fraction of sp³-hybridized carbons (Fsp3) is 1.00. The Bertz CT molecular complexity index is 96.7. The van der Waals surface area contributed by atoms with Crippen LogP contribution in [0.5, 0.6) is 0 Å². The fourth-order valence-corrected chi connectivity index (χ4v) is 1.92. The normalized spacial score (nSPS) is 9.00. The molecule has 3 heteroatoms. The maximum absolute atomic E-state index is 7.00. The first kappa shape index (κ1) is 26.4. The lowest BCUT2D eigenvalue weighted by atomic mass is 9.76. The van der Waals surface area contributed by atoms with E-state index in [1.165, 1.54) is 45.6 Å². The molecule has 0 radical (unpaired) electrons. The van der Waals surface area contributed by atoms with E-state index >= 15 is 0 Å². The highest BCUT2D eigenvalue weighted by atomic mass is 16.2. The summed E-state index contributed by atoms with van der Waals surface area (Å²) in [5, 5.41) is 7.00. The van der Waals surface area contributed by atoms with Crippen molar-refractivity contribution in [2.45, 2.75) is 73.1 Å². The highest BCUT2D eigenvalue weighted by Crippen LogP contribution is 2.34. The van der Waals surface area contributed by atoms with E-state index in [0.717, 1.165) is 13.7 Å². The Morgan fingerprint density at radius 1 is 0.833 bits per heavy atom. The van der Waals surface area contributed by atoms with E-state index in [2.05, 4.69) is 40.4 Å². The second-order valence-corrected chi connectivity index (χ2v) is 4.20. The monoisotopic (exact) mass is 264 g/mol. The van der Waals surface area contributed by atoms with Gasteiger partial charge in [-0.15, -0.1) is 0 Å². The van der Waals surface area contributed by atoms with Crippen molar-refractivity contribution in [2.75, 3.05) is 20.7 Å². The predicted octanol–water partition coefficient (Wildman–Crippen LogP) is 3.54. The van der Waals surface area contributed by atoms with E-state index < -0.39 is 0 Å². The molecule has 0 saturated heterocycles. The molecular formula is C15H40N2O. The first-order valence-corrected chi connectivity index (χ1v) is 7.38. The molecule has 0 atom stereocenters. The van der Waals surface area contributed by atoms with Crippen LogP contribution in [0.15, 0.2) is 0 Å². The molecule has 0 rings (SSSR count). The number of rotatable bonds is 6. The van der Waals surface area contributed by atoms with Gasteiger partial charge in [-0.2, -0.15) is 0 Å². The zero-order valence-electron chi connectivity index (χ0n) is 14.1. The van der Waals surface area contributed by atoms with Gasteiger partial charge in [-0.05, 0) is 31.8 Å². The number of aliphatic hydroxyl groups excluding tert-OH is 1. The van der Waals surface area contributed by atoms with Gasteiger partial charge in [0.15, 0.2) is 0 Å². The van der Waals surface area contributed by atoms with Crippen LogP contribution in [0.1, 0.15) is 73.1 Å². The van der Waals surface area contributed by atoms with Gasteiger partial charge in [-0.1, -0.05) is 60.3 Å². The highest BCUT2D eigenvalue weighted by Gasteiger charge is 2.23. The molecule has 0 heterocycles. The molecule has 0 amide bonds. The summed E-state index contributed by atoms with van der Waals surface area (Å²) in [6, 6.07) is 0. The van der Waals surface area contributed by atoms with Crippen molar-refractivity contribution < 1.29 is 5.11 Å². The van der Waals surface area contributed by atoms with Crippen molar-refractivity contribution >= 4 is 0 Å². The van der Waals surface area contributed by atoms with Crippen molar-refractivity contribution in [3.8, 4) is 0 Å². The van der Waals surface area contributed by atoms with Gasteiger partial charge in [0, 0.05) is 7.11 Å². The summed E-state index contributed by atoms with van der Waals surface area (Å²) in [5.41, 5.74) is 10.7. The molecule has 0 aliphatic rings. The fourth-order valence-electron chi connectivity index (χ4n) is 1.92. The van der Waals surface area contributed by atoms with Crippen LogP contribution in [0.2, 0.25) is 0 Å². The summed E-state index contributed by atoms with van der Waals surface area (Å²) in [4.78, 5) is 0. The van der Waals surface area contributed by atoms with E-state index in [1.54, 1.807) is 0 Å². The Labute approximate surface area is 116 Å². The molecule has 0 bridgehead atoms. The second kappa shape index (κ2) is 25.7. The second-order valence-electron chi connectivity index (χ2n) is 4.20. The summed E-state index contributed by atoms with van der Waals surface area (Å²) in [5.74, 6) is 0. The SMILES string of the molecule is CCC.CCCC(CC)(CC)CCN.CN.CO. The van der Waals surface area contributed by atoms with Gasteiger partial charge in [-0.3, -0.25) is 0 Å². The van der Waals surface area contributed by atoms with Gasteiger partial charge in [0.05, 0.1) is 0 Å². The Hall–Kier alpha value is -0.120. The van der Waals surface area contributed by atoms with Gasteiger partial charge in [0.2, 0.25) is 0 Å². The minimum Gasteiger partial charge on any atom is -0.400 e. The summed E-state index contributed by atoms with van der Waals surface area (Å²) in [6.45, 7) is 11.9. The zero-order valence-corrected chi connectivity index (χ0v) is 14.1. The van der Waals surface area contributed by atoms with Crippen LogP contribution in [-0.2, 0) is 0 Å². The molecule has 0 aromatic rings. The molecule has 0 fully saturated rings. The van der Waals surface area contributed by atoms with Crippen LogP contribution in [0.25, 0.3) is 0 Å². The molecule has 5 N–H and O–H groups in total. The molecule has 0 saturated carbocycles. The smallest absolute Gasteiger partial charge is 0.0319 e. The topological polar surface area (TPSA) is 72.3 Å². The van der Waals surface area contributed by atoms with Crippen LogP contribution in [0.3, 0.4) is 0 Å². The standard InChI is InChI=1S/C10H23N.C3H8.CH5N.CH4O/c1-4-7-10(5-2,6-3)8-9-11;1-3-2;2*1-2/h4-9,11H2,1-3H3;3H2,1-2H3;2H2,1H3;2H,1H3. The third kappa shape index (κ3) is 18.3. The largest absolute Gasteiger partial charge is 0.400 e. The summed E-state index contributed by atoms with van der Waals surface area (Å²) < 4.78 is 0. The molecule has 0 aromatic carbocycles. The van der Waals surface area contributed by atoms with Crippen LogP contribution < -0.4 is 11.5 Å². The molecule has 116 valence electrons. The quantitative estimate of drug-likeness (QED) is 0.687. The lowest BCUT2D eigenvalue weighted by Crippen LogP contribution is -2.22. The van der Waals surface area contributed by atoms with E-state index in [0.29, 0.717) is 5.41 Å². The Morgan fingerprint density at radius 3 is 1.33 bits per heavy atom. The Balaban J connectivity index is -0.000000118.